The van der Waals surface area contributed by atoms with Crippen molar-refractivity contribution in [2.75, 3.05) is 28.4 Å². The molecule has 0 atom stereocenters. The Hall–Kier alpha value is -4.98. The minimum Gasteiger partial charge on any atom is -0.493 e. The summed E-state index contributed by atoms with van der Waals surface area (Å²) in [4.78, 5) is 17.7. The van der Waals surface area contributed by atoms with Gasteiger partial charge in [0, 0.05) is 16.5 Å². The van der Waals surface area contributed by atoms with Crippen LogP contribution in [0.25, 0.3) is 56.0 Å². The molecule has 290 valence electrons. The van der Waals surface area contributed by atoms with Crippen molar-refractivity contribution >= 4 is 22.1 Å². The van der Waals surface area contributed by atoms with Gasteiger partial charge in [0.05, 0.1) is 50.5 Å². The number of H-pyrrole nitrogens is 2. The summed E-state index contributed by atoms with van der Waals surface area (Å²) >= 11 is 0. The zero-order valence-corrected chi connectivity index (χ0v) is 33.7. The summed E-state index contributed by atoms with van der Waals surface area (Å²) in [7, 11) is 6.66. The van der Waals surface area contributed by atoms with Gasteiger partial charge in [0.2, 0.25) is 0 Å². The Bertz CT molecular complexity index is 2080. The third-order valence-corrected chi connectivity index (χ3v) is 11.8. The van der Waals surface area contributed by atoms with Crippen LogP contribution >= 0.6 is 0 Å². The molecule has 0 radical (unpaired) electrons. The summed E-state index contributed by atoms with van der Waals surface area (Å²) < 4.78 is 22.3. The van der Waals surface area contributed by atoms with Gasteiger partial charge in [-0.2, -0.15) is 0 Å². The molecule has 0 saturated heterocycles. The Labute approximate surface area is 326 Å². The van der Waals surface area contributed by atoms with E-state index in [1.165, 1.54) is 99.3 Å². The van der Waals surface area contributed by atoms with Gasteiger partial charge in [0.25, 0.3) is 0 Å². The van der Waals surface area contributed by atoms with Crippen LogP contribution in [-0.2, 0) is 5.41 Å². The van der Waals surface area contributed by atoms with E-state index < -0.39 is 0 Å². The molecule has 2 heterocycles. The third kappa shape index (κ3) is 7.65. The Balaban J connectivity index is 1.35. The van der Waals surface area contributed by atoms with Crippen LogP contribution in [-0.4, -0.2) is 48.4 Å². The second-order valence-corrected chi connectivity index (χ2v) is 15.3. The van der Waals surface area contributed by atoms with Gasteiger partial charge in [-0.25, -0.2) is 9.97 Å². The third-order valence-electron chi connectivity index (χ3n) is 11.8. The van der Waals surface area contributed by atoms with Crippen molar-refractivity contribution in [1.82, 2.24) is 19.9 Å². The lowest BCUT2D eigenvalue weighted by molar-refractivity contribution is 0.355. The van der Waals surface area contributed by atoms with Crippen LogP contribution in [0.5, 0.6) is 23.0 Å². The second kappa shape index (κ2) is 17.2. The molecular formula is C47H58N4O4. The smallest absolute Gasteiger partial charge is 0.161 e. The van der Waals surface area contributed by atoms with E-state index in [1.54, 1.807) is 28.4 Å². The molecule has 8 nitrogen and oxygen atoms in total. The zero-order valence-electron chi connectivity index (χ0n) is 33.7. The van der Waals surface area contributed by atoms with E-state index in [1.807, 2.05) is 36.4 Å². The van der Waals surface area contributed by atoms with E-state index in [2.05, 4.69) is 48.1 Å². The first-order valence-electron chi connectivity index (χ1n) is 20.5. The summed E-state index contributed by atoms with van der Waals surface area (Å²) in [6.07, 6.45) is 17.5. The fraction of sp³-hybridized carbons (Fsp3) is 0.447. The first-order valence-corrected chi connectivity index (χ1v) is 20.5. The highest BCUT2D eigenvalue weighted by molar-refractivity contribution is 5.96. The maximum atomic E-state index is 5.64. The van der Waals surface area contributed by atoms with Gasteiger partial charge < -0.3 is 28.9 Å². The Morgan fingerprint density at radius 2 is 0.873 bits per heavy atom. The molecule has 8 heteroatoms. The van der Waals surface area contributed by atoms with E-state index in [9.17, 15) is 0 Å². The summed E-state index contributed by atoms with van der Waals surface area (Å²) in [6.45, 7) is 4.59. The van der Waals surface area contributed by atoms with Crippen LogP contribution in [0.15, 0.2) is 60.7 Å². The number of aromatic amines is 2. The molecule has 1 aliphatic carbocycles. The number of benzene rings is 4. The summed E-state index contributed by atoms with van der Waals surface area (Å²) in [6, 6.07) is 21.4. The average Bonchev–Trinajstić information content (AvgIpc) is 3.91. The van der Waals surface area contributed by atoms with Crippen LogP contribution in [0.4, 0.5) is 0 Å². The number of hydrogen-bond acceptors (Lipinski definition) is 6. The maximum Gasteiger partial charge on any atom is 0.161 e. The van der Waals surface area contributed by atoms with Gasteiger partial charge in [0.1, 0.15) is 11.6 Å². The number of imidazole rings is 2. The number of ether oxygens (including phenoxy) is 4. The molecule has 2 aromatic heterocycles. The molecule has 4 aromatic carbocycles. The van der Waals surface area contributed by atoms with E-state index in [-0.39, 0.29) is 5.41 Å². The lowest BCUT2D eigenvalue weighted by atomic mass is 9.70. The van der Waals surface area contributed by atoms with Gasteiger partial charge in [-0.1, -0.05) is 90.9 Å². The molecule has 0 amide bonds. The standard InChI is InChI=1S/C47H58N4O4/c1-7-9-11-13-15-17-23-47(24-18-16-14-12-10-8-2)35-29-39-37(48-45(50-39)31-19-21-41(52-3)43(25-31)54-5)27-33(35)34-28-38-40(30-36(34)47)51-46(49-38)32-20-22-42(53-4)44(26-32)55-6/h19-22,25-30H,7-18,23-24H2,1-6H3,(H,48,50)(H,49,51). The van der Waals surface area contributed by atoms with Crippen LogP contribution in [0.1, 0.15) is 115 Å². The first kappa shape index (κ1) is 38.3. The summed E-state index contributed by atoms with van der Waals surface area (Å²) in [5.41, 5.74) is 11.3. The Kier molecular flexibility index (Phi) is 12.0. The normalized spacial score (nSPS) is 13.0. The summed E-state index contributed by atoms with van der Waals surface area (Å²) in [5, 5.41) is 0. The van der Waals surface area contributed by atoms with Gasteiger partial charge in [0.15, 0.2) is 23.0 Å². The van der Waals surface area contributed by atoms with E-state index in [0.717, 1.165) is 57.7 Å². The fourth-order valence-electron chi connectivity index (χ4n) is 8.81. The molecule has 0 saturated carbocycles. The highest BCUT2D eigenvalue weighted by atomic mass is 16.5. The van der Waals surface area contributed by atoms with Crippen LogP contribution in [0.2, 0.25) is 0 Å². The van der Waals surface area contributed by atoms with Crippen molar-refractivity contribution in [2.24, 2.45) is 0 Å². The van der Waals surface area contributed by atoms with Crippen molar-refractivity contribution < 1.29 is 18.9 Å². The van der Waals surface area contributed by atoms with Crippen molar-refractivity contribution in [3.63, 3.8) is 0 Å². The number of hydrogen-bond donors (Lipinski definition) is 2. The fourth-order valence-corrected chi connectivity index (χ4v) is 8.81. The predicted molar refractivity (Wildman–Crippen MR) is 225 cm³/mol. The molecule has 0 unspecified atom stereocenters. The number of aromatic nitrogens is 4. The van der Waals surface area contributed by atoms with Crippen molar-refractivity contribution in [2.45, 2.75) is 109 Å². The number of methoxy groups -OCH3 is 4. The second-order valence-electron chi connectivity index (χ2n) is 15.3. The summed E-state index contributed by atoms with van der Waals surface area (Å²) in [5.74, 6) is 4.41. The number of rotatable bonds is 20. The molecule has 55 heavy (non-hydrogen) atoms. The van der Waals surface area contributed by atoms with Crippen molar-refractivity contribution in [3.05, 3.63) is 71.8 Å². The van der Waals surface area contributed by atoms with Gasteiger partial charge in [-0.15, -0.1) is 0 Å². The molecule has 0 aliphatic heterocycles. The quantitative estimate of drug-likeness (QED) is 0.0756. The monoisotopic (exact) mass is 742 g/mol. The molecular weight excluding hydrogens is 685 g/mol. The molecule has 6 aromatic rings. The average molecular weight is 743 g/mol. The van der Waals surface area contributed by atoms with Crippen molar-refractivity contribution in [3.8, 4) is 56.9 Å². The van der Waals surface area contributed by atoms with E-state index >= 15 is 0 Å². The van der Waals surface area contributed by atoms with Crippen LogP contribution in [0.3, 0.4) is 0 Å². The van der Waals surface area contributed by atoms with Crippen LogP contribution in [0, 0.1) is 0 Å². The number of nitrogens with zero attached hydrogens (tertiary/aromatic N) is 2. The minimum atomic E-state index is -0.105. The van der Waals surface area contributed by atoms with Crippen LogP contribution < -0.4 is 18.9 Å². The molecule has 1 aliphatic rings. The molecule has 0 fully saturated rings. The number of fused-ring (bicyclic) bond motifs is 5. The highest BCUT2D eigenvalue weighted by Gasteiger charge is 2.43. The van der Waals surface area contributed by atoms with Gasteiger partial charge in [-0.05, 0) is 95.8 Å². The maximum absolute atomic E-state index is 5.64. The largest absolute Gasteiger partial charge is 0.493 e. The zero-order chi connectivity index (χ0) is 38.4. The van der Waals surface area contributed by atoms with E-state index in [0.29, 0.717) is 23.0 Å². The minimum absolute atomic E-state index is 0.105. The van der Waals surface area contributed by atoms with E-state index in [4.69, 9.17) is 28.9 Å². The number of unbranched alkanes of at least 4 members (excludes halogenated alkanes) is 10. The molecule has 7 rings (SSSR count). The molecule has 0 bridgehead atoms. The first-order chi connectivity index (χ1) is 27.0. The molecule has 0 spiro atoms. The lowest BCUT2D eigenvalue weighted by Gasteiger charge is -2.33. The van der Waals surface area contributed by atoms with Gasteiger partial charge in [-0.3, -0.25) is 0 Å². The topological polar surface area (TPSA) is 94.3 Å². The lowest BCUT2D eigenvalue weighted by Crippen LogP contribution is -2.25. The Morgan fingerprint density at radius 1 is 0.473 bits per heavy atom. The predicted octanol–water partition coefficient (Wildman–Crippen LogP) is 12.6. The highest BCUT2D eigenvalue weighted by Crippen LogP contribution is 2.56. The number of nitrogens with one attached hydrogen (secondary N) is 2. The Morgan fingerprint density at radius 3 is 1.27 bits per heavy atom. The SMILES string of the molecule is CCCCCCCCC1(CCCCCCCC)c2cc3[nH]c(-c4ccc(OC)c(OC)c4)nc3cc2-c2cc3nc(-c4ccc(OC)c(OC)c4)[nH]c3cc21. The van der Waals surface area contributed by atoms with Gasteiger partial charge >= 0.3 is 0 Å². The van der Waals surface area contributed by atoms with Crippen molar-refractivity contribution in [1.29, 1.82) is 0 Å². The molecule has 2 N–H and O–H groups in total.